The van der Waals surface area contributed by atoms with Crippen molar-refractivity contribution in [1.82, 2.24) is 9.64 Å². The van der Waals surface area contributed by atoms with E-state index in [0.29, 0.717) is 36.8 Å². The van der Waals surface area contributed by atoms with Gasteiger partial charge in [0.1, 0.15) is 0 Å². The van der Waals surface area contributed by atoms with Crippen LogP contribution in [0.15, 0.2) is 39.6 Å². The number of rotatable bonds is 7. The molecule has 1 N–H and O–H groups in total. The summed E-state index contributed by atoms with van der Waals surface area (Å²) in [4.78, 5) is 25.5. The SMILES string of the molecule is COC1(C(=O)O)CN(CCCn2oc(-c3ccc(Cl)cc3)cc2=O)CCO1.Cl. The van der Waals surface area contributed by atoms with E-state index in [1.54, 1.807) is 24.3 Å². The first-order valence-corrected chi connectivity index (χ1v) is 8.93. The number of carboxylic acids is 1. The number of morpholine rings is 1. The van der Waals surface area contributed by atoms with E-state index in [4.69, 9.17) is 25.6 Å². The van der Waals surface area contributed by atoms with Gasteiger partial charge in [-0.25, -0.2) is 4.79 Å². The Kier molecular flexibility index (Phi) is 7.68. The number of aryl methyl sites for hydroxylation is 1. The summed E-state index contributed by atoms with van der Waals surface area (Å²) in [6, 6.07) is 8.48. The number of halogens is 2. The normalized spacial score (nSPS) is 19.9. The Hall–Kier alpha value is -1.84. The molecule has 1 fully saturated rings. The van der Waals surface area contributed by atoms with Gasteiger partial charge < -0.3 is 19.1 Å². The second-order valence-corrected chi connectivity index (χ2v) is 6.72. The maximum absolute atomic E-state index is 12.1. The van der Waals surface area contributed by atoms with Gasteiger partial charge in [0.2, 0.25) is 0 Å². The van der Waals surface area contributed by atoms with Crippen LogP contribution in [0, 0.1) is 0 Å². The van der Waals surface area contributed by atoms with Gasteiger partial charge >= 0.3 is 5.97 Å². The van der Waals surface area contributed by atoms with E-state index in [9.17, 15) is 14.7 Å². The molecule has 3 rings (SSSR count). The number of methoxy groups -OCH3 is 1. The number of ether oxygens (including phenoxy) is 2. The minimum absolute atomic E-state index is 0. The summed E-state index contributed by atoms with van der Waals surface area (Å²) < 4.78 is 17.3. The number of aromatic nitrogens is 1. The predicted octanol–water partition coefficient (Wildman–Crippen LogP) is 2.33. The number of aliphatic carboxylic acids is 1. The molecule has 2 aromatic rings. The maximum Gasteiger partial charge on any atom is 0.365 e. The summed E-state index contributed by atoms with van der Waals surface area (Å²) >= 11 is 5.87. The molecule has 1 aliphatic heterocycles. The van der Waals surface area contributed by atoms with Gasteiger partial charge in [0.15, 0.2) is 5.76 Å². The summed E-state index contributed by atoms with van der Waals surface area (Å²) in [6.45, 7) is 1.97. The molecular weight excluding hydrogens is 411 g/mol. The lowest BCUT2D eigenvalue weighted by Crippen LogP contribution is -2.57. The molecule has 1 aromatic carbocycles. The third kappa shape index (κ3) is 4.95. The molecule has 1 atom stereocenters. The van der Waals surface area contributed by atoms with Gasteiger partial charge in [0, 0.05) is 30.8 Å². The first-order chi connectivity index (χ1) is 12.9. The van der Waals surface area contributed by atoms with Crippen molar-refractivity contribution in [2.75, 3.05) is 33.4 Å². The van der Waals surface area contributed by atoms with E-state index in [0.717, 1.165) is 5.56 Å². The molecule has 0 aliphatic carbocycles. The molecule has 1 saturated heterocycles. The van der Waals surface area contributed by atoms with Crippen molar-refractivity contribution in [1.29, 1.82) is 0 Å². The van der Waals surface area contributed by atoms with E-state index in [1.165, 1.54) is 17.9 Å². The largest absolute Gasteiger partial charge is 0.477 e. The minimum Gasteiger partial charge on any atom is -0.477 e. The Bertz CT molecular complexity index is 851. The van der Waals surface area contributed by atoms with Gasteiger partial charge in [-0.1, -0.05) is 11.6 Å². The van der Waals surface area contributed by atoms with E-state index in [2.05, 4.69) is 0 Å². The summed E-state index contributed by atoms with van der Waals surface area (Å²) in [7, 11) is 1.32. The van der Waals surface area contributed by atoms with Crippen LogP contribution >= 0.6 is 24.0 Å². The topological polar surface area (TPSA) is 94.1 Å². The lowest BCUT2D eigenvalue weighted by atomic mass is 10.2. The molecule has 0 bridgehead atoms. The summed E-state index contributed by atoms with van der Waals surface area (Å²) in [5.41, 5.74) is 0.550. The highest BCUT2D eigenvalue weighted by atomic mass is 35.5. The highest BCUT2D eigenvalue weighted by molar-refractivity contribution is 6.30. The van der Waals surface area contributed by atoms with E-state index >= 15 is 0 Å². The number of hydrogen-bond donors (Lipinski definition) is 1. The van der Waals surface area contributed by atoms with E-state index in [1.807, 2.05) is 4.90 Å². The molecule has 1 aliphatic rings. The summed E-state index contributed by atoms with van der Waals surface area (Å²) in [6.07, 6.45) is 0.618. The average molecular weight is 433 g/mol. The monoisotopic (exact) mass is 432 g/mol. The number of carbonyl (C=O) groups is 1. The summed E-state index contributed by atoms with van der Waals surface area (Å²) in [5.74, 6) is -2.31. The van der Waals surface area contributed by atoms with Crippen molar-refractivity contribution >= 4 is 30.0 Å². The lowest BCUT2D eigenvalue weighted by molar-refractivity contribution is -0.256. The van der Waals surface area contributed by atoms with Gasteiger partial charge in [-0.3, -0.25) is 9.69 Å². The fourth-order valence-corrected chi connectivity index (χ4v) is 3.13. The molecule has 2 heterocycles. The van der Waals surface area contributed by atoms with Crippen LogP contribution in [0.3, 0.4) is 0 Å². The average Bonchev–Trinajstić information content (AvgIpc) is 3.03. The van der Waals surface area contributed by atoms with E-state index in [-0.39, 0.29) is 31.1 Å². The maximum atomic E-state index is 12.1. The minimum atomic E-state index is -1.64. The molecule has 8 nitrogen and oxygen atoms in total. The molecule has 0 spiro atoms. The van der Waals surface area contributed by atoms with Gasteiger partial charge in [-0.2, -0.15) is 4.74 Å². The van der Waals surface area contributed by atoms with E-state index < -0.39 is 11.8 Å². The number of carboxylic acid groups (broad SMARTS) is 1. The first kappa shape index (κ1) is 22.4. The molecule has 154 valence electrons. The van der Waals surface area contributed by atoms with Crippen molar-refractivity contribution in [2.45, 2.75) is 18.8 Å². The van der Waals surface area contributed by atoms with Gasteiger partial charge in [0.25, 0.3) is 11.3 Å². The van der Waals surface area contributed by atoms with Crippen LogP contribution in [0.5, 0.6) is 0 Å². The smallest absolute Gasteiger partial charge is 0.365 e. The highest BCUT2D eigenvalue weighted by Gasteiger charge is 2.44. The van der Waals surface area contributed by atoms with Gasteiger partial charge in [-0.05, 0) is 30.7 Å². The predicted molar refractivity (Wildman–Crippen MR) is 105 cm³/mol. The molecule has 0 saturated carbocycles. The number of nitrogens with zero attached hydrogens (tertiary/aromatic N) is 2. The Morgan fingerprint density at radius 1 is 1.32 bits per heavy atom. The number of hydrogen-bond acceptors (Lipinski definition) is 6. The Morgan fingerprint density at radius 2 is 2.04 bits per heavy atom. The van der Waals surface area contributed by atoms with Gasteiger partial charge in [-0.15, -0.1) is 12.4 Å². The zero-order valence-corrected chi connectivity index (χ0v) is 16.9. The zero-order chi connectivity index (χ0) is 19.4. The fourth-order valence-electron chi connectivity index (χ4n) is 3.01. The fraction of sp³-hybridized carbons (Fsp3) is 0.444. The molecule has 28 heavy (non-hydrogen) atoms. The molecular formula is C18H22Cl2N2O6. The standard InChI is InChI=1S/C18H21ClN2O6.ClH/c1-25-18(17(23)24)12-20(9-10-26-18)7-2-8-21-16(22)11-15(27-21)13-3-5-14(19)6-4-13;/h3-6,11H,2,7-10,12H2,1H3,(H,23,24);1H. The third-order valence-electron chi connectivity index (χ3n) is 4.50. The van der Waals surface area contributed by atoms with Crippen molar-refractivity contribution in [3.63, 3.8) is 0 Å². The second-order valence-electron chi connectivity index (χ2n) is 6.29. The van der Waals surface area contributed by atoms with Crippen LogP contribution in [0.2, 0.25) is 5.02 Å². The first-order valence-electron chi connectivity index (χ1n) is 8.55. The van der Waals surface area contributed by atoms with Crippen LogP contribution in [0.1, 0.15) is 6.42 Å². The van der Waals surface area contributed by atoms with Crippen LogP contribution in [0.25, 0.3) is 11.3 Å². The highest BCUT2D eigenvalue weighted by Crippen LogP contribution is 2.21. The Morgan fingerprint density at radius 3 is 2.68 bits per heavy atom. The van der Waals surface area contributed by atoms with Gasteiger partial charge in [0.05, 0.1) is 25.8 Å². The van der Waals surface area contributed by atoms with Crippen LogP contribution in [0.4, 0.5) is 0 Å². The summed E-state index contributed by atoms with van der Waals surface area (Å²) in [5, 5.41) is 9.94. The molecule has 10 heteroatoms. The molecule has 0 radical (unpaired) electrons. The third-order valence-corrected chi connectivity index (χ3v) is 4.76. The molecule has 0 amide bonds. The van der Waals surface area contributed by atoms with Crippen LogP contribution in [-0.4, -0.2) is 59.9 Å². The second kappa shape index (κ2) is 9.58. The lowest BCUT2D eigenvalue weighted by Gasteiger charge is -2.38. The Labute approximate surface area is 173 Å². The number of benzene rings is 1. The van der Waals surface area contributed by atoms with Crippen LogP contribution < -0.4 is 5.56 Å². The van der Waals surface area contributed by atoms with Crippen LogP contribution in [-0.2, 0) is 20.8 Å². The zero-order valence-electron chi connectivity index (χ0n) is 15.3. The van der Waals surface area contributed by atoms with Crippen molar-refractivity contribution in [3.8, 4) is 11.3 Å². The Balaban J connectivity index is 0.00000280. The molecule has 1 unspecified atom stereocenters. The van der Waals surface area contributed by atoms with Crippen molar-refractivity contribution < 1.29 is 23.9 Å². The molecule has 1 aromatic heterocycles. The quantitative estimate of drug-likeness (QED) is 0.716. The van der Waals surface area contributed by atoms with Crippen molar-refractivity contribution in [2.24, 2.45) is 0 Å². The van der Waals surface area contributed by atoms with Crippen molar-refractivity contribution in [3.05, 3.63) is 45.7 Å².